The van der Waals surface area contributed by atoms with Crippen LogP contribution in [-0.2, 0) is 4.74 Å². The lowest BCUT2D eigenvalue weighted by atomic mass is 10.4. The maximum Gasteiger partial charge on any atom is 0.123 e. The third-order valence-electron chi connectivity index (χ3n) is 1.15. The summed E-state index contributed by atoms with van der Waals surface area (Å²) in [6.45, 7) is 1.16. The first kappa shape index (κ1) is 8.01. The minimum absolute atomic E-state index is 0.564. The summed E-state index contributed by atoms with van der Waals surface area (Å²) < 4.78 is 10.1. The van der Waals surface area contributed by atoms with Gasteiger partial charge in [-0.05, 0) is 6.07 Å². The van der Waals surface area contributed by atoms with Gasteiger partial charge in [-0.1, -0.05) is 0 Å². The molecule has 0 spiro atoms. The third kappa shape index (κ3) is 3.00. The van der Waals surface area contributed by atoms with Gasteiger partial charge in [0.1, 0.15) is 12.4 Å². The fourth-order valence-electron chi connectivity index (χ4n) is 0.635. The summed E-state index contributed by atoms with van der Waals surface area (Å²) in [5.74, 6) is 0.775. The summed E-state index contributed by atoms with van der Waals surface area (Å²) in [6, 6.07) is 3.47. The summed E-state index contributed by atoms with van der Waals surface area (Å²) in [7, 11) is 1.64. The normalized spacial score (nSPS) is 9.55. The number of hydrogen-bond donors (Lipinski definition) is 0. The zero-order valence-corrected chi connectivity index (χ0v) is 6.41. The maximum absolute atomic E-state index is 5.25. The zero-order chi connectivity index (χ0) is 7.94. The predicted molar refractivity (Wildman–Crippen MR) is 40.4 cm³/mol. The van der Waals surface area contributed by atoms with Gasteiger partial charge in [0.05, 0.1) is 12.8 Å². The second-order valence-electron chi connectivity index (χ2n) is 1.96. The van der Waals surface area contributed by atoms with E-state index in [0.717, 1.165) is 5.75 Å². The van der Waals surface area contributed by atoms with E-state index < -0.39 is 0 Å². The molecule has 0 aliphatic heterocycles. The molecule has 1 rings (SSSR count). The van der Waals surface area contributed by atoms with Gasteiger partial charge >= 0.3 is 0 Å². The Kier molecular flexibility index (Phi) is 3.41. The van der Waals surface area contributed by atoms with Crippen molar-refractivity contribution in [1.82, 2.24) is 4.98 Å². The topological polar surface area (TPSA) is 31.4 Å². The Morgan fingerprint density at radius 1 is 1.55 bits per heavy atom. The molecule has 0 saturated heterocycles. The Bertz CT molecular complexity index is 189. The van der Waals surface area contributed by atoms with Crippen LogP contribution >= 0.6 is 0 Å². The number of pyridine rings is 1. The Morgan fingerprint density at radius 2 is 2.45 bits per heavy atom. The monoisotopic (exact) mass is 152 g/mol. The van der Waals surface area contributed by atoms with Gasteiger partial charge in [-0.15, -0.1) is 0 Å². The van der Waals surface area contributed by atoms with Crippen LogP contribution in [0.1, 0.15) is 0 Å². The number of hydrogen-bond acceptors (Lipinski definition) is 3. The minimum atomic E-state index is 0.564. The van der Waals surface area contributed by atoms with Gasteiger partial charge in [-0.3, -0.25) is 4.98 Å². The molecule has 59 valence electrons. The molecule has 0 aliphatic carbocycles. The van der Waals surface area contributed by atoms with Crippen LogP contribution in [0.4, 0.5) is 0 Å². The molecule has 0 amide bonds. The molecule has 0 N–H and O–H groups in total. The van der Waals surface area contributed by atoms with E-state index in [0.29, 0.717) is 13.2 Å². The van der Waals surface area contributed by atoms with E-state index in [2.05, 4.69) is 11.2 Å². The molecular formula is C8H10NO2. The highest BCUT2D eigenvalue weighted by molar-refractivity contribution is 5.15. The molecule has 0 bridgehead atoms. The summed E-state index contributed by atoms with van der Waals surface area (Å²) in [5, 5.41) is 0. The summed E-state index contributed by atoms with van der Waals surface area (Å²) in [4.78, 5) is 3.74. The van der Waals surface area contributed by atoms with Gasteiger partial charge < -0.3 is 9.47 Å². The summed E-state index contributed by atoms with van der Waals surface area (Å²) in [5.41, 5.74) is 0. The molecule has 1 heterocycles. The molecule has 0 aromatic carbocycles. The first-order valence-corrected chi connectivity index (χ1v) is 3.37. The number of ether oxygens (including phenoxy) is 2. The van der Waals surface area contributed by atoms with Crippen molar-refractivity contribution in [2.24, 2.45) is 0 Å². The van der Waals surface area contributed by atoms with E-state index in [4.69, 9.17) is 9.47 Å². The van der Waals surface area contributed by atoms with E-state index in [1.54, 1.807) is 25.4 Å². The molecule has 1 aromatic rings. The van der Waals surface area contributed by atoms with Gasteiger partial charge in [0.2, 0.25) is 0 Å². The second-order valence-corrected chi connectivity index (χ2v) is 1.96. The Balaban J connectivity index is 2.28. The van der Waals surface area contributed by atoms with Crippen LogP contribution in [0, 0.1) is 6.20 Å². The largest absolute Gasteiger partial charge is 0.491 e. The first-order chi connectivity index (χ1) is 5.43. The average molecular weight is 152 g/mol. The van der Waals surface area contributed by atoms with Gasteiger partial charge in [-0.25, -0.2) is 0 Å². The number of nitrogens with zero attached hydrogens (tertiary/aromatic N) is 1. The molecule has 3 heteroatoms. The van der Waals surface area contributed by atoms with Crippen molar-refractivity contribution in [3.8, 4) is 5.75 Å². The summed E-state index contributed by atoms with van der Waals surface area (Å²) >= 11 is 0. The molecule has 0 unspecified atom stereocenters. The Hall–Kier alpha value is -1.09. The zero-order valence-electron chi connectivity index (χ0n) is 6.41. The van der Waals surface area contributed by atoms with Crippen molar-refractivity contribution < 1.29 is 9.47 Å². The van der Waals surface area contributed by atoms with Crippen LogP contribution in [0.3, 0.4) is 0 Å². The van der Waals surface area contributed by atoms with E-state index in [1.807, 2.05) is 0 Å². The lowest BCUT2D eigenvalue weighted by Gasteiger charge is -2.02. The molecular weight excluding hydrogens is 142 g/mol. The van der Waals surface area contributed by atoms with Crippen molar-refractivity contribution in [2.75, 3.05) is 20.3 Å². The molecule has 0 atom stereocenters. The van der Waals surface area contributed by atoms with Crippen molar-refractivity contribution in [3.05, 3.63) is 24.5 Å². The fraction of sp³-hybridized carbons (Fsp3) is 0.375. The van der Waals surface area contributed by atoms with E-state index >= 15 is 0 Å². The maximum atomic E-state index is 5.25. The quantitative estimate of drug-likeness (QED) is 0.601. The molecule has 11 heavy (non-hydrogen) atoms. The SMILES string of the molecule is COCCOc1c[c]ncc1. The van der Waals surface area contributed by atoms with Crippen LogP contribution in [0.15, 0.2) is 18.3 Å². The lowest BCUT2D eigenvalue weighted by Crippen LogP contribution is -2.03. The molecule has 1 radical (unpaired) electrons. The fourth-order valence-corrected chi connectivity index (χ4v) is 0.635. The third-order valence-corrected chi connectivity index (χ3v) is 1.15. The van der Waals surface area contributed by atoms with Crippen LogP contribution in [-0.4, -0.2) is 25.3 Å². The van der Waals surface area contributed by atoms with Crippen molar-refractivity contribution in [1.29, 1.82) is 0 Å². The number of aromatic nitrogens is 1. The number of methoxy groups -OCH3 is 1. The predicted octanol–water partition coefficient (Wildman–Crippen LogP) is 0.907. The molecule has 0 aliphatic rings. The van der Waals surface area contributed by atoms with Crippen LogP contribution in [0.2, 0.25) is 0 Å². The van der Waals surface area contributed by atoms with E-state index in [-0.39, 0.29) is 0 Å². The smallest absolute Gasteiger partial charge is 0.123 e. The average Bonchev–Trinajstić information content (AvgIpc) is 2.07. The summed E-state index contributed by atoms with van der Waals surface area (Å²) in [6.07, 6.45) is 4.31. The molecule has 1 aromatic heterocycles. The van der Waals surface area contributed by atoms with Crippen LogP contribution in [0.25, 0.3) is 0 Å². The van der Waals surface area contributed by atoms with Gasteiger partial charge in [-0.2, -0.15) is 0 Å². The van der Waals surface area contributed by atoms with E-state index in [1.165, 1.54) is 0 Å². The van der Waals surface area contributed by atoms with Crippen LogP contribution < -0.4 is 4.74 Å². The van der Waals surface area contributed by atoms with Crippen molar-refractivity contribution in [3.63, 3.8) is 0 Å². The van der Waals surface area contributed by atoms with Crippen molar-refractivity contribution >= 4 is 0 Å². The van der Waals surface area contributed by atoms with Gasteiger partial charge in [0.25, 0.3) is 0 Å². The molecule has 3 nitrogen and oxygen atoms in total. The second kappa shape index (κ2) is 4.68. The number of rotatable bonds is 4. The first-order valence-electron chi connectivity index (χ1n) is 3.37. The van der Waals surface area contributed by atoms with Gasteiger partial charge in [0, 0.05) is 19.4 Å². The van der Waals surface area contributed by atoms with Gasteiger partial charge in [0.15, 0.2) is 0 Å². The van der Waals surface area contributed by atoms with Crippen LogP contribution in [0.5, 0.6) is 5.75 Å². The Morgan fingerprint density at radius 3 is 3.09 bits per heavy atom. The highest BCUT2D eigenvalue weighted by atomic mass is 16.5. The lowest BCUT2D eigenvalue weighted by molar-refractivity contribution is 0.146. The highest BCUT2D eigenvalue weighted by Crippen LogP contribution is 2.05. The minimum Gasteiger partial charge on any atom is -0.491 e. The molecule has 0 fully saturated rings. The van der Waals surface area contributed by atoms with E-state index in [9.17, 15) is 0 Å². The molecule has 0 saturated carbocycles. The highest BCUT2D eigenvalue weighted by Gasteiger charge is 1.89. The van der Waals surface area contributed by atoms with Crippen molar-refractivity contribution in [2.45, 2.75) is 0 Å². The Labute approximate surface area is 66.0 Å². The standard InChI is InChI=1S/C8H10NO2/c1-10-6-7-11-8-2-4-9-5-3-8/h2-4H,6-7H2,1H3.